The van der Waals surface area contributed by atoms with Gasteiger partial charge in [0.1, 0.15) is 11.2 Å². The molecule has 1 heteroatoms. The zero-order chi connectivity index (χ0) is 40.4. The number of fused-ring (bicyclic) bond motifs is 9. The third-order valence-corrected chi connectivity index (χ3v) is 10.2. The summed E-state index contributed by atoms with van der Waals surface area (Å²) in [5.74, 6) is 0. The highest BCUT2D eigenvalue weighted by molar-refractivity contribution is 6.23. The Kier molecular flexibility index (Phi) is 4.57. The standard InChI is InChI=1S/C50H30O/c1-2-12-31(13-3-1)44-27-34-16-6-7-17-37(34)45-28-35(22-24-38(44)45)49-40-18-8-10-20-42(40)50(43-21-11-9-19-41(43)49)36-23-25-39-46-26-32-14-4-5-15-33(32)29-48(46)51-47(39)30-36/h1-30H/i8D,9D,10D,11D,18D,19D,20D,21D. The molecule has 0 N–H and O–H groups in total. The summed E-state index contributed by atoms with van der Waals surface area (Å²) in [4.78, 5) is 0. The molecule has 0 amide bonds. The molecular weight excluding hydrogens is 617 g/mol. The molecule has 0 bridgehead atoms. The quantitative estimate of drug-likeness (QED) is 0.136. The first-order valence-electron chi connectivity index (χ1n) is 20.9. The Balaban J connectivity index is 1.30. The number of furan rings is 1. The molecule has 236 valence electrons. The number of rotatable bonds is 3. The Morgan fingerprint density at radius 1 is 0.333 bits per heavy atom. The van der Waals surface area contributed by atoms with Gasteiger partial charge in [0.05, 0.1) is 11.0 Å². The fraction of sp³-hybridized carbons (Fsp3) is 0. The van der Waals surface area contributed by atoms with E-state index in [2.05, 4.69) is 30.3 Å². The van der Waals surface area contributed by atoms with Crippen molar-refractivity contribution < 1.29 is 15.4 Å². The minimum atomic E-state index is -0.441. The van der Waals surface area contributed by atoms with Crippen LogP contribution in [0.15, 0.2) is 186 Å². The molecule has 0 atom stereocenters. The molecule has 10 aromatic carbocycles. The summed E-state index contributed by atoms with van der Waals surface area (Å²) in [5.41, 5.74) is 4.93. The Bertz CT molecular complexity index is 3570. The fourth-order valence-electron chi connectivity index (χ4n) is 7.94. The smallest absolute Gasteiger partial charge is 0.136 e. The Labute approximate surface area is 305 Å². The average molecular weight is 655 g/mol. The normalized spacial score (nSPS) is 14.1. The lowest BCUT2D eigenvalue weighted by atomic mass is 9.84. The summed E-state index contributed by atoms with van der Waals surface area (Å²) in [7, 11) is 0. The zero-order valence-electron chi connectivity index (χ0n) is 35.1. The van der Waals surface area contributed by atoms with Crippen LogP contribution in [-0.2, 0) is 0 Å². The predicted octanol–water partition coefficient (Wildman–Crippen LogP) is 14.4. The van der Waals surface area contributed by atoms with E-state index < -0.39 is 24.2 Å². The maximum atomic E-state index is 9.48. The van der Waals surface area contributed by atoms with E-state index in [0.29, 0.717) is 27.9 Å². The van der Waals surface area contributed by atoms with Gasteiger partial charge in [-0.25, -0.2) is 0 Å². The van der Waals surface area contributed by atoms with Crippen LogP contribution >= 0.6 is 0 Å². The second-order valence-electron chi connectivity index (χ2n) is 13.0. The summed E-state index contributed by atoms with van der Waals surface area (Å²) in [6.45, 7) is 0. The molecule has 0 fully saturated rings. The second kappa shape index (κ2) is 10.9. The molecule has 0 aliphatic rings. The van der Waals surface area contributed by atoms with Gasteiger partial charge < -0.3 is 4.42 Å². The van der Waals surface area contributed by atoms with E-state index in [4.69, 9.17) is 9.90 Å². The van der Waals surface area contributed by atoms with Crippen LogP contribution in [0.2, 0.25) is 0 Å². The molecule has 0 unspecified atom stereocenters. The topological polar surface area (TPSA) is 13.1 Å². The highest BCUT2D eigenvalue weighted by Crippen LogP contribution is 2.46. The highest BCUT2D eigenvalue weighted by Gasteiger charge is 2.19. The van der Waals surface area contributed by atoms with E-state index in [1.54, 1.807) is 0 Å². The van der Waals surface area contributed by atoms with E-state index in [1.165, 1.54) is 0 Å². The third kappa shape index (κ3) is 4.28. The van der Waals surface area contributed by atoms with E-state index in [9.17, 15) is 5.48 Å². The molecule has 1 aromatic heterocycles. The molecule has 0 radical (unpaired) electrons. The minimum absolute atomic E-state index is 0.160. The summed E-state index contributed by atoms with van der Waals surface area (Å²) in [6.07, 6.45) is 0. The monoisotopic (exact) mass is 654 g/mol. The van der Waals surface area contributed by atoms with Gasteiger partial charge in [0.2, 0.25) is 0 Å². The SMILES string of the molecule is [2H]c1c([2H])c([2H])c2c(-c3ccc4c(-c5ccccc5)cc5ccccc5c4c3)c3c([2H])c([2H])c([2H])c([2H])c3c(-c3ccc4c(c3)oc3cc5ccccc5cc34)c2c1[2H]. The molecule has 1 heterocycles. The van der Waals surface area contributed by atoms with Crippen molar-refractivity contribution in [3.63, 3.8) is 0 Å². The van der Waals surface area contributed by atoms with Crippen LogP contribution < -0.4 is 0 Å². The Morgan fingerprint density at radius 2 is 0.882 bits per heavy atom. The minimum Gasteiger partial charge on any atom is -0.456 e. The van der Waals surface area contributed by atoms with Gasteiger partial charge in [-0.05, 0) is 124 Å². The zero-order valence-corrected chi connectivity index (χ0v) is 27.1. The van der Waals surface area contributed by atoms with Crippen molar-refractivity contribution in [3.8, 4) is 33.4 Å². The highest BCUT2D eigenvalue weighted by atomic mass is 16.3. The Morgan fingerprint density at radius 3 is 1.57 bits per heavy atom. The van der Waals surface area contributed by atoms with Gasteiger partial charge in [0.15, 0.2) is 0 Å². The van der Waals surface area contributed by atoms with E-state index in [-0.39, 0.29) is 51.3 Å². The van der Waals surface area contributed by atoms with E-state index >= 15 is 0 Å². The molecule has 0 spiro atoms. The second-order valence-corrected chi connectivity index (χ2v) is 13.0. The van der Waals surface area contributed by atoms with Crippen molar-refractivity contribution in [2.45, 2.75) is 0 Å². The lowest BCUT2D eigenvalue weighted by molar-refractivity contribution is 0.669. The maximum absolute atomic E-state index is 9.48. The molecule has 0 saturated heterocycles. The van der Waals surface area contributed by atoms with Gasteiger partial charge >= 0.3 is 0 Å². The van der Waals surface area contributed by atoms with Crippen LogP contribution in [0.3, 0.4) is 0 Å². The van der Waals surface area contributed by atoms with Crippen molar-refractivity contribution >= 4 is 75.8 Å². The van der Waals surface area contributed by atoms with Crippen LogP contribution in [0.25, 0.3) is 109 Å². The van der Waals surface area contributed by atoms with Crippen molar-refractivity contribution in [1.82, 2.24) is 0 Å². The van der Waals surface area contributed by atoms with Crippen molar-refractivity contribution in [2.24, 2.45) is 0 Å². The van der Waals surface area contributed by atoms with Gasteiger partial charge in [0.25, 0.3) is 0 Å². The van der Waals surface area contributed by atoms with Gasteiger partial charge in [-0.2, -0.15) is 0 Å². The first kappa shape index (κ1) is 21.4. The molecular formula is C50H30O. The van der Waals surface area contributed by atoms with Crippen LogP contribution in [0.5, 0.6) is 0 Å². The molecule has 0 aliphatic carbocycles. The van der Waals surface area contributed by atoms with Gasteiger partial charge in [-0.1, -0.05) is 145 Å². The van der Waals surface area contributed by atoms with Crippen LogP contribution in [0, 0.1) is 0 Å². The lowest BCUT2D eigenvalue weighted by Gasteiger charge is -2.19. The largest absolute Gasteiger partial charge is 0.456 e. The van der Waals surface area contributed by atoms with Gasteiger partial charge in [0, 0.05) is 10.8 Å². The van der Waals surface area contributed by atoms with Gasteiger partial charge in [-0.15, -0.1) is 0 Å². The molecule has 0 saturated carbocycles. The molecule has 11 aromatic rings. The van der Waals surface area contributed by atoms with E-state index in [0.717, 1.165) is 54.2 Å². The first-order valence-corrected chi connectivity index (χ1v) is 16.9. The summed E-state index contributed by atoms with van der Waals surface area (Å²) in [6, 6.07) is 40.9. The maximum Gasteiger partial charge on any atom is 0.136 e. The van der Waals surface area contributed by atoms with Crippen LogP contribution in [0.1, 0.15) is 11.0 Å². The molecule has 51 heavy (non-hydrogen) atoms. The molecule has 1 nitrogen and oxygen atoms in total. The molecule has 0 aliphatic heterocycles. The number of benzene rings is 10. The van der Waals surface area contributed by atoms with E-state index in [1.807, 2.05) is 103 Å². The number of hydrogen-bond acceptors (Lipinski definition) is 1. The van der Waals surface area contributed by atoms with Gasteiger partial charge in [-0.3, -0.25) is 0 Å². The Hall–Kier alpha value is -6.70. The van der Waals surface area contributed by atoms with Crippen molar-refractivity contribution in [2.75, 3.05) is 0 Å². The van der Waals surface area contributed by atoms with Crippen LogP contribution in [0.4, 0.5) is 0 Å². The third-order valence-electron chi connectivity index (χ3n) is 10.2. The number of hydrogen-bond donors (Lipinski definition) is 0. The average Bonchev–Trinajstić information content (AvgIpc) is 3.63. The summed E-state index contributed by atoms with van der Waals surface area (Å²) < 4.78 is 80.0. The first-order chi connectivity index (χ1) is 28.6. The molecule has 11 rings (SSSR count). The fourth-order valence-corrected chi connectivity index (χ4v) is 7.94. The lowest BCUT2D eigenvalue weighted by Crippen LogP contribution is -1.91. The van der Waals surface area contributed by atoms with Crippen LogP contribution in [-0.4, -0.2) is 0 Å². The van der Waals surface area contributed by atoms with Crippen molar-refractivity contribution in [3.05, 3.63) is 182 Å². The summed E-state index contributed by atoms with van der Waals surface area (Å²) >= 11 is 0. The van der Waals surface area contributed by atoms with Crippen molar-refractivity contribution in [1.29, 1.82) is 0 Å². The summed E-state index contributed by atoms with van der Waals surface area (Å²) in [5, 5.41) is 8.37. The predicted molar refractivity (Wildman–Crippen MR) is 218 cm³/mol.